The van der Waals surface area contributed by atoms with Gasteiger partial charge in [-0.3, -0.25) is 4.57 Å². The fourth-order valence-electron chi connectivity index (χ4n) is 14.9. The highest BCUT2D eigenvalue weighted by Gasteiger charge is 2.24. The average molecular weight is 1150 g/mol. The third kappa shape index (κ3) is 8.40. The van der Waals surface area contributed by atoms with Crippen LogP contribution in [0, 0.1) is 0 Å². The Labute approximate surface area is 523 Å². The monoisotopic (exact) mass is 1150 g/mol. The number of hydrogen-bond acceptors (Lipinski definition) is 1. The molecule has 17 aromatic rings. The van der Waals surface area contributed by atoms with E-state index in [9.17, 15) is 0 Å². The summed E-state index contributed by atoms with van der Waals surface area (Å²) in [4.78, 5) is 5.22. The topological polar surface area (TPSA) is 27.7 Å². The lowest BCUT2D eigenvalue weighted by Crippen LogP contribution is -1.98. The van der Waals surface area contributed by atoms with Gasteiger partial charge in [-0.2, -0.15) is 0 Å². The lowest BCUT2D eigenvalue weighted by Gasteiger charge is -2.21. The molecule has 1 aliphatic rings. The van der Waals surface area contributed by atoms with Gasteiger partial charge in [-0.25, -0.2) is 4.98 Å². The van der Waals surface area contributed by atoms with Crippen LogP contribution < -0.4 is 0 Å². The molecule has 0 N–H and O–H groups in total. The van der Waals surface area contributed by atoms with Crippen molar-refractivity contribution >= 4 is 92.9 Å². The quantitative estimate of drug-likeness (QED) is 0.139. The van der Waals surface area contributed by atoms with Gasteiger partial charge in [0.1, 0.15) is 5.82 Å². The largest absolute Gasteiger partial charge is 0.310 e. The average Bonchev–Trinajstić information content (AvgIpc) is 1.49. The molecule has 1 aliphatic carbocycles. The van der Waals surface area contributed by atoms with Gasteiger partial charge in [0.05, 0.1) is 27.6 Å². The summed E-state index contributed by atoms with van der Waals surface area (Å²) < 4.78 is 7.17. The highest BCUT2D eigenvalue weighted by molar-refractivity contribution is 6.25. The Hall–Kier alpha value is -11.3. The molecular formula is C86H62N4. The molecule has 0 spiro atoms. The second-order valence-electron chi connectivity index (χ2n) is 23.5. The van der Waals surface area contributed by atoms with E-state index in [4.69, 9.17) is 4.98 Å². The van der Waals surface area contributed by atoms with Crippen molar-refractivity contribution in [1.29, 1.82) is 0 Å². The summed E-state index contributed by atoms with van der Waals surface area (Å²) in [6, 6.07) is 108. The highest BCUT2D eigenvalue weighted by atomic mass is 15.1. The van der Waals surface area contributed by atoms with Gasteiger partial charge >= 0.3 is 0 Å². The van der Waals surface area contributed by atoms with E-state index in [0.717, 1.165) is 58.6 Å². The van der Waals surface area contributed by atoms with Crippen molar-refractivity contribution in [3.63, 3.8) is 0 Å². The van der Waals surface area contributed by atoms with E-state index in [1.54, 1.807) is 0 Å². The summed E-state index contributed by atoms with van der Waals surface area (Å²) in [7, 11) is 0. The molecule has 0 bridgehead atoms. The van der Waals surface area contributed by atoms with E-state index in [-0.39, 0.29) is 0 Å². The van der Waals surface area contributed by atoms with Gasteiger partial charge in [0, 0.05) is 44.5 Å². The molecule has 4 heteroatoms. The fraction of sp³-hybridized carbons (Fsp3) is 0.0581. The van der Waals surface area contributed by atoms with Crippen molar-refractivity contribution in [3.05, 3.63) is 309 Å². The Morgan fingerprint density at radius 1 is 0.289 bits per heavy atom. The first-order valence-electron chi connectivity index (χ1n) is 31.7. The van der Waals surface area contributed by atoms with Crippen molar-refractivity contribution in [2.45, 2.75) is 33.1 Å². The molecule has 0 saturated heterocycles. The zero-order valence-electron chi connectivity index (χ0n) is 50.3. The van der Waals surface area contributed by atoms with E-state index >= 15 is 0 Å². The second-order valence-corrected chi connectivity index (χ2v) is 23.5. The molecule has 0 radical (unpaired) electrons. The van der Waals surface area contributed by atoms with Crippen molar-refractivity contribution in [1.82, 2.24) is 18.7 Å². The van der Waals surface area contributed by atoms with E-state index in [2.05, 4.69) is 317 Å². The number of para-hydroxylation sites is 6. The minimum Gasteiger partial charge on any atom is -0.310 e. The zero-order chi connectivity index (χ0) is 59.8. The van der Waals surface area contributed by atoms with Crippen LogP contribution in [0.25, 0.3) is 166 Å². The van der Waals surface area contributed by atoms with Crippen LogP contribution in [0.4, 0.5) is 0 Å². The first-order chi connectivity index (χ1) is 44.7. The molecule has 3 heterocycles. The number of rotatable bonds is 8. The predicted octanol–water partition coefficient (Wildman–Crippen LogP) is 23.4. The van der Waals surface area contributed by atoms with Crippen molar-refractivity contribution < 1.29 is 0 Å². The summed E-state index contributed by atoms with van der Waals surface area (Å²) in [5.41, 5.74) is 22.5. The zero-order valence-corrected chi connectivity index (χ0v) is 50.3. The summed E-state index contributed by atoms with van der Waals surface area (Å²) >= 11 is 0. The van der Waals surface area contributed by atoms with Crippen LogP contribution in [0.3, 0.4) is 0 Å². The SMILES string of the molecule is C1=Cc2c(c3ccccc3n2-c2ccc(-c3c4ccccc4c(-c4ccc(-n5c6ccccc6c6ccccc65)cc4)c4ccc(-c5c6ccccc6c(-c6ccc(-c7nc8ccccc8n7-c7ccccc7)cc6)c6ccccc56)cc34)cc2)CCC1.CC. The number of hydrogen-bond donors (Lipinski definition) is 0. The number of aryl methyl sites for hydroxylation is 1. The maximum Gasteiger partial charge on any atom is 0.145 e. The minimum absolute atomic E-state index is 0.920. The molecule has 0 unspecified atom stereocenters. The normalized spacial score (nSPS) is 12.4. The number of aromatic nitrogens is 4. The first-order valence-corrected chi connectivity index (χ1v) is 31.7. The lowest BCUT2D eigenvalue weighted by molar-refractivity contribution is 0.854. The maximum atomic E-state index is 5.22. The molecule has 0 fully saturated rings. The Balaban J connectivity index is 0.00000309. The molecule has 0 amide bonds. The van der Waals surface area contributed by atoms with Crippen molar-refractivity contribution in [2.24, 2.45) is 0 Å². The molecule has 90 heavy (non-hydrogen) atoms. The van der Waals surface area contributed by atoms with Gasteiger partial charge in [0.2, 0.25) is 0 Å². The predicted molar refractivity (Wildman–Crippen MR) is 383 cm³/mol. The van der Waals surface area contributed by atoms with E-state index in [0.29, 0.717) is 0 Å². The van der Waals surface area contributed by atoms with Crippen molar-refractivity contribution in [2.75, 3.05) is 0 Å². The molecule has 14 aromatic carbocycles. The first kappa shape index (κ1) is 53.0. The number of fused-ring (bicyclic) bond motifs is 11. The maximum absolute atomic E-state index is 5.22. The minimum atomic E-state index is 0.920. The van der Waals surface area contributed by atoms with Gasteiger partial charge in [0.25, 0.3) is 0 Å². The molecule has 426 valence electrons. The lowest BCUT2D eigenvalue weighted by atomic mass is 9.82. The molecule has 4 nitrogen and oxygen atoms in total. The Morgan fingerprint density at radius 3 is 1.21 bits per heavy atom. The Bertz CT molecular complexity index is 5570. The van der Waals surface area contributed by atoms with Gasteiger partial charge < -0.3 is 9.13 Å². The highest BCUT2D eigenvalue weighted by Crippen LogP contribution is 2.49. The molecular weight excluding hydrogens is 1090 g/mol. The summed E-state index contributed by atoms with van der Waals surface area (Å²) in [6.45, 7) is 4.00. The summed E-state index contributed by atoms with van der Waals surface area (Å²) in [6.07, 6.45) is 8.04. The van der Waals surface area contributed by atoms with Gasteiger partial charge in [0.15, 0.2) is 0 Å². The molecule has 0 atom stereocenters. The standard InChI is InChI=1S/C84H56N4.C2H6/c1-3-21-59(22-4-1)88-79-38-20-16-33-74(79)85-84(88)57-41-39-54(40-42-57)80-67-28-8-11-31-70(67)83(71-32-12-9-29-68(71)80)58-47-52-72-73(53-58)82(56-45-50-61(51-46-56)86-75-34-6-2-5-23-62(75)63-24-13-17-35-76(63)86)69-30-10-7-27-66(69)81(72)55-43-48-60(49-44-55)87-77-36-18-14-25-64(77)65-26-15-19-37-78(65)87;1-2/h1,3-4,6-22,24-53H,2,5,23H2;1-2H3. The molecule has 0 aliphatic heterocycles. The second kappa shape index (κ2) is 21.8. The van der Waals surface area contributed by atoms with Gasteiger partial charge in [-0.1, -0.05) is 238 Å². The van der Waals surface area contributed by atoms with Crippen LogP contribution in [0.1, 0.15) is 37.9 Å². The number of benzene rings is 14. The Morgan fingerprint density at radius 2 is 0.667 bits per heavy atom. The van der Waals surface area contributed by atoms with Crippen LogP contribution in [-0.4, -0.2) is 18.7 Å². The van der Waals surface area contributed by atoms with E-state index in [1.165, 1.54) is 132 Å². The molecule has 3 aromatic heterocycles. The van der Waals surface area contributed by atoms with Crippen LogP contribution in [0.2, 0.25) is 0 Å². The number of nitrogens with zero attached hydrogens (tertiary/aromatic N) is 4. The molecule has 0 saturated carbocycles. The number of allylic oxidation sites excluding steroid dienone is 1. The van der Waals surface area contributed by atoms with Crippen LogP contribution in [0.5, 0.6) is 0 Å². The summed E-state index contributed by atoms with van der Waals surface area (Å²) in [5, 5.41) is 13.6. The third-order valence-corrected chi connectivity index (χ3v) is 18.8. The van der Waals surface area contributed by atoms with Crippen LogP contribution in [-0.2, 0) is 6.42 Å². The van der Waals surface area contributed by atoms with Gasteiger partial charge in [-0.05, 0) is 191 Å². The summed E-state index contributed by atoms with van der Waals surface area (Å²) in [5.74, 6) is 0.920. The molecule has 18 rings (SSSR count). The Kier molecular flexibility index (Phi) is 12.8. The van der Waals surface area contributed by atoms with Crippen LogP contribution >= 0.6 is 0 Å². The fourth-order valence-corrected chi connectivity index (χ4v) is 14.9. The van der Waals surface area contributed by atoms with E-state index in [1.807, 2.05) is 13.8 Å². The van der Waals surface area contributed by atoms with Crippen LogP contribution in [0.15, 0.2) is 297 Å². The van der Waals surface area contributed by atoms with Gasteiger partial charge in [-0.15, -0.1) is 0 Å². The van der Waals surface area contributed by atoms with E-state index < -0.39 is 0 Å². The van der Waals surface area contributed by atoms with Crippen molar-refractivity contribution in [3.8, 4) is 73.0 Å². The number of imidazole rings is 1. The third-order valence-electron chi connectivity index (χ3n) is 18.8. The smallest absolute Gasteiger partial charge is 0.145 e.